The average molecular weight is 299 g/mol. The summed E-state index contributed by atoms with van der Waals surface area (Å²) in [6, 6.07) is 7.22. The smallest absolute Gasteiger partial charge is 0.320 e. The van der Waals surface area contributed by atoms with Crippen molar-refractivity contribution in [1.29, 1.82) is 0 Å². The maximum atomic E-state index is 11.3. The fraction of sp³-hybridized carbons (Fsp3) is 0.143. The third-order valence-corrected chi connectivity index (χ3v) is 3.89. The first-order chi connectivity index (χ1) is 10.2. The van der Waals surface area contributed by atoms with Gasteiger partial charge in [0.2, 0.25) is 0 Å². The second-order valence-electron chi connectivity index (χ2n) is 4.41. The monoisotopic (exact) mass is 299 g/mol. The number of hydrogen-bond acceptors (Lipinski definition) is 5. The van der Waals surface area contributed by atoms with E-state index in [1.165, 1.54) is 4.88 Å². The maximum Gasteiger partial charge on any atom is 0.320 e. The molecule has 0 aliphatic heterocycles. The van der Waals surface area contributed by atoms with Gasteiger partial charge in [0.05, 0.1) is 11.1 Å². The highest BCUT2D eigenvalue weighted by molar-refractivity contribution is 7.15. The van der Waals surface area contributed by atoms with Crippen molar-refractivity contribution < 1.29 is 4.79 Å². The first kappa shape index (κ1) is 13.4. The number of anilines is 1. The lowest BCUT2D eigenvalue weighted by atomic mass is 10.3. The van der Waals surface area contributed by atoms with Gasteiger partial charge in [-0.3, -0.25) is 10.3 Å². The highest BCUT2D eigenvalue weighted by Crippen LogP contribution is 2.26. The molecule has 0 aliphatic rings. The van der Waals surface area contributed by atoms with Crippen LogP contribution in [0.5, 0.6) is 0 Å². The van der Waals surface area contributed by atoms with Crippen LogP contribution in [-0.4, -0.2) is 28.0 Å². The van der Waals surface area contributed by atoms with Crippen LogP contribution in [0.15, 0.2) is 30.5 Å². The normalized spacial score (nSPS) is 10.6. The number of thiophene rings is 1. The van der Waals surface area contributed by atoms with Gasteiger partial charge in [-0.1, -0.05) is 0 Å². The average Bonchev–Trinajstić information content (AvgIpc) is 2.93. The van der Waals surface area contributed by atoms with Gasteiger partial charge >= 0.3 is 6.03 Å². The lowest BCUT2D eigenvalue weighted by Crippen LogP contribution is -2.24. The van der Waals surface area contributed by atoms with Gasteiger partial charge in [0.15, 0.2) is 5.65 Å². The third kappa shape index (κ3) is 2.82. The summed E-state index contributed by atoms with van der Waals surface area (Å²) in [4.78, 5) is 26.8. The van der Waals surface area contributed by atoms with Gasteiger partial charge in [-0.05, 0) is 31.2 Å². The minimum Gasteiger partial charge on any atom is -0.341 e. The zero-order valence-electron chi connectivity index (χ0n) is 11.5. The third-order valence-electron chi connectivity index (χ3n) is 2.87. The number of nitrogens with one attached hydrogen (secondary N) is 2. The minimum atomic E-state index is -0.320. The number of fused-ring (bicyclic) bond motifs is 1. The molecule has 3 aromatic heterocycles. The van der Waals surface area contributed by atoms with Crippen molar-refractivity contribution in [2.45, 2.75) is 6.92 Å². The number of nitrogens with zero attached hydrogens (tertiary/aromatic N) is 3. The van der Waals surface area contributed by atoms with Crippen molar-refractivity contribution in [3.63, 3.8) is 0 Å². The first-order valence-electron chi connectivity index (χ1n) is 6.35. The molecule has 0 aromatic carbocycles. The number of hydrogen-bond donors (Lipinski definition) is 2. The molecule has 0 atom stereocenters. The number of aryl methyl sites for hydroxylation is 1. The van der Waals surface area contributed by atoms with E-state index in [1.807, 2.05) is 19.1 Å². The zero-order chi connectivity index (χ0) is 14.8. The molecule has 0 bridgehead atoms. The molecule has 3 heterocycles. The molecular formula is C14H13N5OS. The zero-order valence-corrected chi connectivity index (χ0v) is 12.4. The summed E-state index contributed by atoms with van der Waals surface area (Å²) >= 11 is 1.66. The van der Waals surface area contributed by atoms with Gasteiger partial charge in [-0.2, -0.15) is 0 Å². The quantitative estimate of drug-likeness (QED) is 0.762. The van der Waals surface area contributed by atoms with Gasteiger partial charge in [-0.15, -0.1) is 11.3 Å². The van der Waals surface area contributed by atoms with Crippen LogP contribution in [0.1, 0.15) is 4.88 Å². The van der Waals surface area contributed by atoms with Crippen molar-refractivity contribution in [3.05, 3.63) is 35.3 Å². The van der Waals surface area contributed by atoms with Gasteiger partial charge in [0.1, 0.15) is 17.0 Å². The summed E-state index contributed by atoms with van der Waals surface area (Å²) in [5, 5.41) is 5.10. The molecule has 0 saturated heterocycles. The first-order valence-corrected chi connectivity index (χ1v) is 7.17. The second-order valence-corrected chi connectivity index (χ2v) is 5.70. The van der Waals surface area contributed by atoms with E-state index in [2.05, 4.69) is 25.6 Å². The predicted molar refractivity (Wildman–Crippen MR) is 83.5 cm³/mol. The van der Waals surface area contributed by atoms with Gasteiger partial charge in [-0.25, -0.2) is 14.8 Å². The van der Waals surface area contributed by atoms with E-state index in [1.54, 1.807) is 36.7 Å². The molecule has 106 valence electrons. The molecule has 0 saturated carbocycles. The Bertz CT molecular complexity index is 814. The minimum absolute atomic E-state index is 0.320. The molecule has 0 spiro atoms. The number of aromatic nitrogens is 3. The van der Waals surface area contributed by atoms with Crippen molar-refractivity contribution >= 4 is 34.3 Å². The van der Waals surface area contributed by atoms with Crippen LogP contribution in [0.2, 0.25) is 0 Å². The number of amides is 2. The Balaban J connectivity index is 2.00. The standard InChI is InChI=1S/C14H13N5OS/c1-8-3-5-11(21-8)10-7-16-9-4-6-12(18-13(9)17-10)19-14(20)15-2/h3-7H,1-2H3,(H2,15,17,18,19,20). The van der Waals surface area contributed by atoms with E-state index in [4.69, 9.17) is 0 Å². The summed E-state index contributed by atoms with van der Waals surface area (Å²) in [6.45, 7) is 2.05. The van der Waals surface area contributed by atoms with E-state index < -0.39 is 0 Å². The van der Waals surface area contributed by atoms with Crippen LogP contribution in [0.3, 0.4) is 0 Å². The Morgan fingerprint density at radius 2 is 2.05 bits per heavy atom. The number of urea groups is 1. The van der Waals surface area contributed by atoms with Crippen molar-refractivity contribution in [2.24, 2.45) is 0 Å². The number of carbonyl (C=O) groups is 1. The summed E-state index contributed by atoms with van der Waals surface area (Å²) < 4.78 is 0. The Morgan fingerprint density at radius 3 is 2.76 bits per heavy atom. The molecule has 3 rings (SSSR count). The summed E-state index contributed by atoms with van der Waals surface area (Å²) in [6.07, 6.45) is 1.74. The number of carbonyl (C=O) groups excluding carboxylic acids is 1. The van der Waals surface area contributed by atoms with Crippen molar-refractivity contribution in [3.8, 4) is 10.6 Å². The van der Waals surface area contributed by atoms with Gasteiger partial charge in [0, 0.05) is 11.9 Å². The molecule has 21 heavy (non-hydrogen) atoms. The molecular weight excluding hydrogens is 286 g/mol. The van der Waals surface area contributed by atoms with Crippen LogP contribution in [0.4, 0.5) is 10.6 Å². The summed E-state index contributed by atoms with van der Waals surface area (Å²) in [5.74, 6) is 0.440. The number of pyridine rings is 1. The maximum absolute atomic E-state index is 11.3. The van der Waals surface area contributed by atoms with Crippen LogP contribution < -0.4 is 10.6 Å². The molecule has 0 radical (unpaired) electrons. The highest BCUT2D eigenvalue weighted by Gasteiger charge is 2.07. The van der Waals surface area contributed by atoms with Crippen molar-refractivity contribution in [2.75, 3.05) is 12.4 Å². The van der Waals surface area contributed by atoms with Crippen molar-refractivity contribution in [1.82, 2.24) is 20.3 Å². The Morgan fingerprint density at radius 1 is 1.19 bits per heavy atom. The van der Waals surface area contributed by atoms with E-state index in [0.717, 1.165) is 10.6 Å². The predicted octanol–water partition coefficient (Wildman–Crippen LogP) is 2.81. The van der Waals surface area contributed by atoms with Crippen LogP contribution in [0, 0.1) is 6.92 Å². The van der Waals surface area contributed by atoms with Crippen LogP contribution >= 0.6 is 11.3 Å². The lowest BCUT2D eigenvalue weighted by molar-refractivity contribution is 0.254. The molecule has 0 aliphatic carbocycles. The Labute approximate surface area is 125 Å². The fourth-order valence-corrected chi connectivity index (χ4v) is 2.66. The molecule has 2 amide bonds. The lowest BCUT2D eigenvalue weighted by Gasteiger charge is -2.04. The molecule has 0 unspecified atom stereocenters. The largest absolute Gasteiger partial charge is 0.341 e. The molecule has 0 fully saturated rings. The molecule has 6 nitrogen and oxygen atoms in total. The molecule has 7 heteroatoms. The Kier molecular flexibility index (Phi) is 3.49. The van der Waals surface area contributed by atoms with Gasteiger partial charge in [0.25, 0.3) is 0 Å². The highest BCUT2D eigenvalue weighted by atomic mass is 32.1. The fourth-order valence-electron chi connectivity index (χ4n) is 1.84. The van der Waals surface area contributed by atoms with E-state index in [0.29, 0.717) is 17.0 Å². The van der Waals surface area contributed by atoms with E-state index in [-0.39, 0.29) is 6.03 Å². The van der Waals surface area contributed by atoms with Crippen LogP contribution in [-0.2, 0) is 0 Å². The number of rotatable bonds is 2. The Hall–Kier alpha value is -2.54. The SMILES string of the molecule is CNC(=O)Nc1ccc2ncc(-c3ccc(C)s3)nc2n1. The summed E-state index contributed by atoms with van der Waals surface area (Å²) in [5.41, 5.74) is 1.98. The second kappa shape index (κ2) is 5.45. The van der Waals surface area contributed by atoms with E-state index in [9.17, 15) is 4.79 Å². The molecule has 2 N–H and O–H groups in total. The van der Waals surface area contributed by atoms with Gasteiger partial charge < -0.3 is 5.32 Å². The van der Waals surface area contributed by atoms with E-state index >= 15 is 0 Å². The van der Waals surface area contributed by atoms with Crippen LogP contribution in [0.25, 0.3) is 21.7 Å². The summed E-state index contributed by atoms with van der Waals surface area (Å²) in [7, 11) is 1.55. The topological polar surface area (TPSA) is 79.8 Å². The molecule has 3 aromatic rings.